The van der Waals surface area contributed by atoms with Crippen molar-refractivity contribution in [1.29, 1.82) is 0 Å². The number of hydrogen-bond acceptors (Lipinski definition) is 3. The van der Waals surface area contributed by atoms with Crippen LogP contribution in [0.2, 0.25) is 0 Å². The Morgan fingerprint density at radius 2 is 2.04 bits per heavy atom. The predicted octanol–water partition coefficient (Wildman–Crippen LogP) is 2.73. The maximum atomic E-state index is 12.0. The van der Waals surface area contributed by atoms with Crippen LogP contribution in [-0.2, 0) is 6.54 Å². The second-order valence-electron chi connectivity index (χ2n) is 6.76. The first-order chi connectivity index (χ1) is 11.9. The molecule has 1 aliphatic heterocycles. The zero-order valence-corrected chi connectivity index (χ0v) is 16.6. The summed E-state index contributed by atoms with van der Waals surface area (Å²) in [6, 6.07) is 7.70. The van der Waals surface area contributed by atoms with E-state index in [9.17, 15) is 4.79 Å². The van der Waals surface area contributed by atoms with Gasteiger partial charge >= 0.3 is 0 Å². The molecule has 1 fully saturated rings. The standard InChI is InChI=1S/C19H30N4OS/c1-5-20-17(24)16-9-7-8-15(12-16)13-22-18(21-6-2)23-10-11-25-19(3,4)14-23/h7-9,12H,5-6,10-11,13-14H2,1-4H3,(H,20,24)(H,21,22). The molecule has 2 rings (SSSR count). The lowest BCUT2D eigenvalue weighted by atomic mass is 10.1. The van der Waals surface area contributed by atoms with E-state index in [4.69, 9.17) is 4.99 Å². The van der Waals surface area contributed by atoms with Crippen molar-refractivity contribution in [2.75, 3.05) is 31.9 Å². The molecule has 0 radical (unpaired) electrons. The number of nitrogens with one attached hydrogen (secondary N) is 2. The molecule has 6 heteroatoms. The van der Waals surface area contributed by atoms with Crippen LogP contribution in [-0.4, -0.2) is 53.4 Å². The average Bonchev–Trinajstić information content (AvgIpc) is 2.58. The van der Waals surface area contributed by atoms with Gasteiger partial charge in [-0.2, -0.15) is 11.8 Å². The fourth-order valence-electron chi connectivity index (χ4n) is 2.86. The SMILES string of the molecule is CCNC(=O)c1cccc(CN=C(NCC)N2CCSC(C)(C)C2)c1. The lowest BCUT2D eigenvalue weighted by Gasteiger charge is -2.39. The summed E-state index contributed by atoms with van der Waals surface area (Å²) >= 11 is 2.01. The molecule has 0 aliphatic carbocycles. The Labute approximate surface area is 155 Å². The molecule has 1 amide bonds. The molecule has 1 aromatic rings. The second kappa shape index (κ2) is 9.13. The quantitative estimate of drug-likeness (QED) is 0.625. The van der Waals surface area contributed by atoms with Gasteiger partial charge < -0.3 is 15.5 Å². The summed E-state index contributed by atoms with van der Waals surface area (Å²) in [6.07, 6.45) is 0. The number of benzene rings is 1. The van der Waals surface area contributed by atoms with Gasteiger partial charge in [-0.25, -0.2) is 4.99 Å². The molecule has 0 atom stereocenters. The van der Waals surface area contributed by atoms with Crippen LogP contribution in [0.4, 0.5) is 0 Å². The number of rotatable bonds is 5. The van der Waals surface area contributed by atoms with Crippen molar-refractivity contribution in [3.63, 3.8) is 0 Å². The number of carbonyl (C=O) groups is 1. The highest BCUT2D eigenvalue weighted by Crippen LogP contribution is 2.29. The van der Waals surface area contributed by atoms with Crippen molar-refractivity contribution in [3.8, 4) is 0 Å². The van der Waals surface area contributed by atoms with Gasteiger partial charge in [-0.05, 0) is 45.4 Å². The lowest BCUT2D eigenvalue weighted by molar-refractivity contribution is 0.0955. The number of guanidine groups is 1. The third-order valence-corrected chi connectivity index (χ3v) is 5.30. The Morgan fingerprint density at radius 3 is 2.72 bits per heavy atom. The maximum Gasteiger partial charge on any atom is 0.251 e. The summed E-state index contributed by atoms with van der Waals surface area (Å²) in [6.45, 7) is 12.6. The van der Waals surface area contributed by atoms with Gasteiger partial charge in [0.05, 0.1) is 6.54 Å². The van der Waals surface area contributed by atoms with Crippen LogP contribution in [0.15, 0.2) is 29.3 Å². The van der Waals surface area contributed by atoms with Crippen LogP contribution in [0.25, 0.3) is 0 Å². The molecular weight excluding hydrogens is 332 g/mol. The Bertz CT molecular complexity index is 615. The molecule has 0 aromatic heterocycles. The summed E-state index contributed by atoms with van der Waals surface area (Å²) in [5.74, 6) is 2.04. The Hall–Kier alpha value is -1.69. The van der Waals surface area contributed by atoms with Crippen molar-refractivity contribution < 1.29 is 4.79 Å². The molecule has 1 heterocycles. The van der Waals surface area contributed by atoms with Gasteiger partial charge in [0.2, 0.25) is 0 Å². The van der Waals surface area contributed by atoms with Gasteiger partial charge in [0.15, 0.2) is 5.96 Å². The van der Waals surface area contributed by atoms with E-state index >= 15 is 0 Å². The van der Waals surface area contributed by atoms with Crippen LogP contribution in [0.3, 0.4) is 0 Å². The number of thioether (sulfide) groups is 1. The van der Waals surface area contributed by atoms with Crippen LogP contribution < -0.4 is 10.6 Å². The van der Waals surface area contributed by atoms with E-state index < -0.39 is 0 Å². The van der Waals surface area contributed by atoms with Gasteiger partial charge in [-0.3, -0.25) is 4.79 Å². The van der Waals surface area contributed by atoms with E-state index in [1.165, 1.54) is 0 Å². The topological polar surface area (TPSA) is 56.7 Å². The normalized spacial score (nSPS) is 17.3. The molecule has 1 aliphatic rings. The average molecular weight is 363 g/mol. The highest BCUT2D eigenvalue weighted by atomic mass is 32.2. The van der Waals surface area contributed by atoms with E-state index in [1.54, 1.807) is 0 Å². The molecule has 2 N–H and O–H groups in total. The minimum absolute atomic E-state index is 0.0324. The molecule has 0 bridgehead atoms. The van der Waals surface area contributed by atoms with Crippen LogP contribution in [0.1, 0.15) is 43.6 Å². The number of nitrogens with zero attached hydrogens (tertiary/aromatic N) is 2. The van der Waals surface area contributed by atoms with Crippen LogP contribution in [0.5, 0.6) is 0 Å². The number of aliphatic imine (C=N–C) groups is 1. The van der Waals surface area contributed by atoms with Gasteiger partial charge in [-0.1, -0.05) is 12.1 Å². The molecule has 0 saturated carbocycles. The van der Waals surface area contributed by atoms with Crippen LogP contribution >= 0.6 is 11.8 Å². The summed E-state index contributed by atoms with van der Waals surface area (Å²) < 4.78 is 0.243. The predicted molar refractivity (Wildman–Crippen MR) is 107 cm³/mol. The second-order valence-corrected chi connectivity index (χ2v) is 8.56. The van der Waals surface area contributed by atoms with Crippen LogP contribution in [0, 0.1) is 0 Å². The van der Waals surface area contributed by atoms with Crippen molar-refractivity contribution in [3.05, 3.63) is 35.4 Å². The Balaban J connectivity index is 2.10. The molecule has 0 spiro atoms. The molecule has 25 heavy (non-hydrogen) atoms. The summed E-state index contributed by atoms with van der Waals surface area (Å²) in [4.78, 5) is 19.1. The number of amides is 1. The number of hydrogen-bond donors (Lipinski definition) is 2. The van der Waals surface area contributed by atoms with Crippen molar-refractivity contribution in [2.24, 2.45) is 4.99 Å². The molecule has 1 saturated heterocycles. The minimum atomic E-state index is -0.0324. The molecule has 0 unspecified atom stereocenters. The molecule has 5 nitrogen and oxygen atoms in total. The summed E-state index contributed by atoms with van der Waals surface area (Å²) in [5.41, 5.74) is 1.74. The monoisotopic (exact) mass is 362 g/mol. The largest absolute Gasteiger partial charge is 0.357 e. The van der Waals surface area contributed by atoms with E-state index in [1.807, 2.05) is 43.0 Å². The van der Waals surface area contributed by atoms with E-state index in [2.05, 4.69) is 36.3 Å². The van der Waals surface area contributed by atoms with E-state index in [-0.39, 0.29) is 10.7 Å². The zero-order valence-electron chi connectivity index (χ0n) is 15.8. The summed E-state index contributed by atoms with van der Waals surface area (Å²) in [5, 5.41) is 6.24. The minimum Gasteiger partial charge on any atom is -0.357 e. The van der Waals surface area contributed by atoms with Gasteiger partial charge in [0.1, 0.15) is 0 Å². The smallest absolute Gasteiger partial charge is 0.251 e. The lowest BCUT2D eigenvalue weighted by Crippen LogP contribution is -2.50. The van der Waals surface area contributed by atoms with Crippen molar-refractivity contribution in [1.82, 2.24) is 15.5 Å². The maximum absolute atomic E-state index is 12.0. The van der Waals surface area contributed by atoms with Gasteiger partial charge in [0.25, 0.3) is 5.91 Å². The van der Waals surface area contributed by atoms with Gasteiger partial charge in [0, 0.05) is 42.2 Å². The van der Waals surface area contributed by atoms with E-state index in [0.29, 0.717) is 18.7 Å². The molecular formula is C19H30N4OS. The first-order valence-corrected chi connectivity index (χ1v) is 9.98. The molecule has 138 valence electrons. The fraction of sp³-hybridized carbons (Fsp3) is 0.579. The third kappa shape index (κ3) is 5.96. The van der Waals surface area contributed by atoms with Crippen molar-refractivity contribution >= 4 is 23.6 Å². The number of carbonyl (C=O) groups excluding carboxylic acids is 1. The third-order valence-electron chi connectivity index (χ3n) is 4.00. The molecule has 1 aromatic carbocycles. The highest BCUT2D eigenvalue weighted by Gasteiger charge is 2.28. The van der Waals surface area contributed by atoms with E-state index in [0.717, 1.165) is 36.9 Å². The Kier molecular flexibility index (Phi) is 7.17. The summed E-state index contributed by atoms with van der Waals surface area (Å²) in [7, 11) is 0. The zero-order chi connectivity index (χ0) is 18.3. The van der Waals surface area contributed by atoms with Crippen molar-refractivity contribution in [2.45, 2.75) is 39.0 Å². The Morgan fingerprint density at radius 1 is 1.28 bits per heavy atom. The highest BCUT2D eigenvalue weighted by molar-refractivity contribution is 8.00. The first-order valence-electron chi connectivity index (χ1n) is 8.99. The van der Waals surface area contributed by atoms with Gasteiger partial charge in [-0.15, -0.1) is 0 Å². The first kappa shape index (κ1) is 19.6. The fourth-order valence-corrected chi connectivity index (χ4v) is 3.97.